The molecule has 6 aromatic rings. The van der Waals surface area contributed by atoms with Gasteiger partial charge in [0.15, 0.2) is 23.5 Å². The van der Waals surface area contributed by atoms with Crippen molar-refractivity contribution in [2.75, 3.05) is 0 Å². The Bertz CT molecular complexity index is 2240. The molecular weight excluding hydrogens is 611 g/mol. The van der Waals surface area contributed by atoms with Gasteiger partial charge in [0, 0.05) is 46.1 Å². The molecule has 0 aliphatic carbocycles. The Morgan fingerprint density at radius 1 is 0.809 bits per heavy atom. The molecule has 0 fully saturated rings. The maximum Gasteiger partial charge on any atom is 0.434 e. The molecule has 3 heterocycles. The van der Waals surface area contributed by atoms with Gasteiger partial charge in [-0.1, -0.05) is 54.6 Å². The maximum atomic E-state index is 14.2. The van der Waals surface area contributed by atoms with E-state index in [1.807, 2.05) is 72.8 Å². The van der Waals surface area contributed by atoms with Gasteiger partial charge in [0.1, 0.15) is 12.4 Å². The topological polar surface area (TPSA) is 50.6 Å². The van der Waals surface area contributed by atoms with Gasteiger partial charge >= 0.3 is 6.18 Å². The standard InChI is InChI=1S/C37H27F5N4O/c1-22(15-24-11-12-29(38)30(39)16-24)46-20-28-32(13-14-43-35(28)37(40,41)42)45-36(46)27-18-26-17-25-9-5-6-10-31(25)44-33(26)19-34(27)47-21-23-7-3-2-4-8-23/h2-14,16-20,22,36H,15,21H2,1H3. The molecule has 1 aliphatic heterocycles. The molecule has 5 nitrogen and oxygen atoms in total. The third-order valence-corrected chi connectivity index (χ3v) is 8.24. The molecule has 236 valence electrons. The van der Waals surface area contributed by atoms with Crippen LogP contribution in [-0.4, -0.2) is 20.9 Å². The number of fused-ring (bicyclic) bond motifs is 3. The van der Waals surface area contributed by atoms with Crippen molar-refractivity contribution in [1.82, 2.24) is 14.9 Å². The fourth-order valence-electron chi connectivity index (χ4n) is 5.95. The molecule has 2 unspecified atom stereocenters. The summed E-state index contributed by atoms with van der Waals surface area (Å²) in [5, 5.41) is 1.67. The van der Waals surface area contributed by atoms with E-state index in [0.29, 0.717) is 22.4 Å². The number of aromatic nitrogens is 2. The van der Waals surface area contributed by atoms with Crippen LogP contribution in [0.2, 0.25) is 0 Å². The molecule has 0 amide bonds. The molecule has 10 heteroatoms. The highest BCUT2D eigenvalue weighted by molar-refractivity contribution is 5.93. The Morgan fingerprint density at radius 2 is 1.60 bits per heavy atom. The second kappa shape index (κ2) is 12.1. The van der Waals surface area contributed by atoms with E-state index >= 15 is 0 Å². The van der Waals surface area contributed by atoms with E-state index in [4.69, 9.17) is 14.7 Å². The zero-order chi connectivity index (χ0) is 32.7. The smallest absolute Gasteiger partial charge is 0.434 e. The summed E-state index contributed by atoms with van der Waals surface area (Å²) in [6, 6.07) is 27.6. The van der Waals surface area contributed by atoms with Crippen LogP contribution in [0, 0.1) is 11.6 Å². The highest BCUT2D eigenvalue weighted by atomic mass is 19.4. The van der Waals surface area contributed by atoms with Gasteiger partial charge < -0.3 is 9.64 Å². The Hall–Kier alpha value is -5.38. The third-order valence-electron chi connectivity index (χ3n) is 8.24. The number of para-hydroxylation sites is 1. The average Bonchev–Trinajstić information content (AvgIpc) is 3.06. The fourth-order valence-corrected chi connectivity index (χ4v) is 5.95. The highest BCUT2D eigenvalue weighted by Gasteiger charge is 2.36. The van der Waals surface area contributed by atoms with E-state index in [2.05, 4.69) is 4.98 Å². The van der Waals surface area contributed by atoms with E-state index in [-0.39, 0.29) is 23.6 Å². The Morgan fingerprint density at radius 3 is 2.38 bits per heavy atom. The lowest BCUT2D eigenvalue weighted by Crippen LogP contribution is -2.45. The van der Waals surface area contributed by atoms with Crippen LogP contribution in [0.5, 0.6) is 5.75 Å². The molecular formula is C37H27F5N4O. The SMILES string of the molecule is CC(Cc1ccc(F)c(F)c1)N1C=c2c(C(F)(F)F)nccc2=NC1c1cc2cc3ccccc3nc2cc1OCc1ccccc1. The highest BCUT2D eigenvalue weighted by Crippen LogP contribution is 2.38. The van der Waals surface area contributed by atoms with E-state index < -0.39 is 35.7 Å². The first kappa shape index (κ1) is 30.3. The molecule has 7 rings (SSSR count). The number of benzene rings is 4. The number of pyridine rings is 2. The summed E-state index contributed by atoms with van der Waals surface area (Å²) in [6.07, 6.45) is -2.86. The zero-order valence-electron chi connectivity index (χ0n) is 25.0. The summed E-state index contributed by atoms with van der Waals surface area (Å²) in [6.45, 7) is 2.03. The van der Waals surface area contributed by atoms with Crippen molar-refractivity contribution in [3.63, 3.8) is 0 Å². The lowest BCUT2D eigenvalue weighted by atomic mass is 10.0. The van der Waals surface area contributed by atoms with Crippen LogP contribution < -0.4 is 15.3 Å². The molecule has 0 saturated carbocycles. The quantitative estimate of drug-likeness (QED) is 0.133. The van der Waals surface area contributed by atoms with Gasteiger partial charge in [0.25, 0.3) is 0 Å². The van der Waals surface area contributed by atoms with E-state index in [9.17, 15) is 22.0 Å². The minimum atomic E-state index is -4.72. The summed E-state index contributed by atoms with van der Waals surface area (Å²) in [5.74, 6) is -1.52. The van der Waals surface area contributed by atoms with E-state index in [0.717, 1.165) is 40.2 Å². The number of ether oxygens (including phenoxy) is 1. The molecule has 0 N–H and O–H groups in total. The van der Waals surface area contributed by atoms with Crippen molar-refractivity contribution in [1.29, 1.82) is 0 Å². The van der Waals surface area contributed by atoms with Crippen molar-refractivity contribution in [2.45, 2.75) is 38.3 Å². The van der Waals surface area contributed by atoms with Gasteiger partial charge in [0.2, 0.25) is 0 Å². The van der Waals surface area contributed by atoms with E-state index in [1.165, 1.54) is 18.3 Å². The number of hydrogen-bond donors (Lipinski definition) is 0. The molecule has 4 aromatic carbocycles. The molecule has 2 aromatic heterocycles. The van der Waals surface area contributed by atoms with Crippen LogP contribution in [0.1, 0.15) is 35.5 Å². The number of nitrogens with zero attached hydrogens (tertiary/aromatic N) is 4. The third kappa shape index (κ3) is 6.10. The summed E-state index contributed by atoms with van der Waals surface area (Å²) >= 11 is 0. The Labute approximate surface area is 266 Å². The zero-order valence-corrected chi connectivity index (χ0v) is 25.0. The van der Waals surface area contributed by atoms with Gasteiger partial charge in [-0.25, -0.2) is 13.8 Å². The van der Waals surface area contributed by atoms with E-state index in [1.54, 1.807) is 11.8 Å². The number of alkyl halides is 3. The normalized spacial score (nSPS) is 15.2. The minimum Gasteiger partial charge on any atom is -0.488 e. The average molecular weight is 639 g/mol. The maximum absolute atomic E-state index is 14.2. The first-order valence-corrected chi connectivity index (χ1v) is 15.0. The second-order valence-corrected chi connectivity index (χ2v) is 11.5. The first-order chi connectivity index (χ1) is 22.6. The van der Waals surface area contributed by atoms with Gasteiger partial charge in [-0.2, -0.15) is 13.2 Å². The predicted molar refractivity (Wildman–Crippen MR) is 169 cm³/mol. The largest absolute Gasteiger partial charge is 0.488 e. The molecule has 0 bridgehead atoms. The lowest BCUT2D eigenvalue weighted by Gasteiger charge is -2.36. The Kier molecular flexibility index (Phi) is 7.79. The predicted octanol–water partition coefficient (Wildman–Crippen LogP) is 7.66. The first-order valence-electron chi connectivity index (χ1n) is 15.0. The lowest BCUT2D eigenvalue weighted by molar-refractivity contribution is -0.142. The van der Waals surface area contributed by atoms with Gasteiger partial charge in [-0.15, -0.1) is 0 Å². The Balaban J connectivity index is 1.41. The molecule has 0 saturated heterocycles. The number of rotatable bonds is 7. The van der Waals surface area contributed by atoms with Crippen LogP contribution in [0.3, 0.4) is 0 Å². The van der Waals surface area contributed by atoms with Crippen molar-refractivity contribution >= 4 is 28.0 Å². The van der Waals surface area contributed by atoms with Gasteiger partial charge in [-0.05, 0) is 60.9 Å². The molecule has 0 radical (unpaired) electrons. The number of halogens is 5. The minimum absolute atomic E-state index is 0.124. The van der Waals surface area contributed by atoms with Crippen LogP contribution in [0.15, 0.2) is 108 Å². The van der Waals surface area contributed by atoms with Crippen LogP contribution in [-0.2, 0) is 19.2 Å². The monoisotopic (exact) mass is 638 g/mol. The molecule has 47 heavy (non-hydrogen) atoms. The van der Waals surface area contributed by atoms with Gasteiger partial charge in [0.05, 0.1) is 16.4 Å². The molecule has 0 spiro atoms. The van der Waals surface area contributed by atoms with Crippen molar-refractivity contribution in [2.24, 2.45) is 4.99 Å². The fraction of sp³-hybridized carbons (Fsp3) is 0.162. The van der Waals surface area contributed by atoms with Crippen LogP contribution in [0.25, 0.3) is 28.0 Å². The number of hydrogen-bond acceptors (Lipinski definition) is 5. The molecule has 2 atom stereocenters. The van der Waals surface area contributed by atoms with Crippen LogP contribution in [0.4, 0.5) is 22.0 Å². The molecule has 1 aliphatic rings. The van der Waals surface area contributed by atoms with Gasteiger partial charge in [-0.3, -0.25) is 9.98 Å². The summed E-state index contributed by atoms with van der Waals surface area (Å²) in [5.41, 5.74) is 2.44. The van der Waals surface area contributed by atoms with Crippen LogP contribution >= 0.6 is 0 Å². The van der Waals surface area contributed by atoms with Crippen molar-refractivity contribution in [3.05, 3.63) is 148 Å². The summed E-state index contributed by atoms with van der Waals surface area (Å²) < 4.78 is 76.7. The van der Waals surface area contributed by atoms with Crippen molar-refractivity contribution < 1.29 is 26.7 Å². The summed E-state index contributed by atoms with van der Waals surface area (Å²) in [4.78, 5) is 15.1. The summed E-state index contributed by atoms with van der Waals surface area (Å²) in [7, 11) is 0. The van der Waals surface area contributed by atoms with Crippen molar-refractivity contribution in [3.8, 4) is 5.75 Å². The second-order valence-electron chi connectivity index (χ2n) is 11.5.